The molecule has 0 radical (unpaired) electrons. The van der Waals surface area contributed by atoms with E-state index in [1.807, 2.05) is 6.26 Å². The topological polar surface area (TPSA) is 105 Å². The van der Waals surface area contributed by atoms with Crippen LogP contribution in [0.3, 0.4) is 0 Å². The second kappa shape index (κ2) is 6.80. The zero-order chi connectivity index (χ0) is 13.5. The average Bonchev–Trinajstić information content (AvgIpc) is 2.34. The molecule has 1 rings (SSSR count). The number of carboxylic acids is 1. The SMILES string of the molecule is CSCCC(Nc1ncccc1[N+](=O)[O-])C(=O)O. The van der Waals surface area contributed by atoms with Gasteiger partial charge in [0.1, 0.15) is 6.04 Å². The number of hydrogen-bond acceptors (Lipinski definition) is 6. The second-order valence-electron chi connectivity index (χ2n) is 3.44. The van der Waals surface area contributed by atoms with Gasteiger partial charge in [-0.2, -0.15) is 11.8 Å². The predicted octanol–water partition coefficient (Wildman–Crippen LogP) is 1.61. The van der Waals surface area contributed by atoms with Crippen LogP contribution in [0.4, 0.5) is 11.5 Å². The number of carboxylic acid groups (broad SMARTS) is 1. The van der Waals surface area contributed by atoms with E-state index in [9.17, 15) is 14.9 Å². The molecule has 1 aromatic heterocycles. The molecule has 98 valence electrons. The van der Waals surface area contributed by atoms with Gasteiger partial charge < -0.3 is 10.4 Å². The molecule has 1 atom stereocenters. The van der Waals surface area contributed by atoms with Crippen molar-refractivity contribution in [3.63, 3.8) is 0 Å². The molecule has 0 aliphatic heterocycles. The molecule has 0 saturated heterocycles. The van der Waals surface area contributed by atoms with Crippen LogP contribution < -0.4 is 5.32 Å². The highest BCUT2D eigenvalue weighted by molar-refractivity contribution is 7.98. The van der Waals surface area contributed by atoms with Crippen molar-refractivity contribution in [1.82, 2.24) is 4.98 Å². The van der Waals surface area contributed by atoms with Gasteiger partial charge in [0.2, 0.25) is 5.82 Å². The van der Waals surface area contributed by atoms with Crippen LogP contribution in [0.1, 0.15) is 6.42 Å². The lowest BCUT2D eigenvalue weighted by Gasteiger charge is -2.14. The Morgan fingerprint density at radius 3 is 3.00 bits per heavy atom. The predicted molar refractivity (Wildman–Crippen MR) is 68.9 cm³/mol. The summed E-state index contributed by atoms with van der Waals surface area (Å²) in [4.78, 5) is 25.0. The van der Waals surface area contributed by atoms with Gasteiger partial charge in [-0.1, -0.05) is 0 Å². The second-order valence-corrected chi connectivity index (χ2v) is 4.43. The van der Waals surface area contributed by atoms with Gasteiger partial charge in [0.25, 0.3) is 0 Å². The van der Waals surface area contributed by atoms with Gasteiger partial charge in [-0.3, -0.25) is 10.1 Å². The number of nitrogens with zero attached hydrogens (tertiary/aromatic N) is 2. The van der Waals surface area contributed by atoms with E-state index in [0.29, 0.717) is 12.2 Å². The first-order chi connectivity index (χ1) is 8.56. The minimum Gasteiger partial charge on any atom is -0.480 e. The van der Waals surface area contributed by atoms with Crippen molar-refractivity contribution in [2.45, 2.75) is 12.5 Å². The molecule has 0 aromatic carbocycles. The third kappa shape index (κ3) is 3.88. The number of aromatic nitrogens is 1. The number of pyridine rings is 1. The number of aliphatic carboxylic acids is 1. The number of rotatable bonds is 7. The quantitative estimate of drug-likeness (QED) is 0.573. The Labute approximate surface area is 108 Å². The molecule has 7 nitrogen and oxygen atoms in total. The summed E-state index contributed by atoms with van der Waals surface area (Å²) in [5, 5.41) is 22.4. The van der Waals surface area contributed by atoms with Gasteiger partial charge in [-0.25, -0.2) is 9.78 Å². The molecule has 0 saturated carbocycles. The smallest absolute Gasteiger partial charge is 0.326 e. The number of nitrogens with one attached hydrogen (secondary N) is 1. The van der Waals surface area contributed by atoms with Crippen molar-refractivity contribution in [1.29, 1.82) is 0 Å². The van der Waals surface area contributed by atoms with Crippen molar-refractivity contribution < 1.29 is 14.8 Å². The highest BCUT2D eigenvalue weighted by Crippen LogP contribution is 2.21. The molecule has 18 heavy (non-hydrogen) atoms. The third-order valence-corrected chi connectivity index (χ3v) is 2.85. The van der Waals surface area contributed by atoms with E-state index in [1.54, 1.807) is 0 Å². The van der Waals surface area contributed by atoms with E-state index < -0.39 is 16.9 Å². The minimum atomic E-state index is -1.05. The van der Waals surface area contributed by atoms with Gasteiger partial charge in [0.05, 0.1) is 4.92 Å². The Morgan fingerprint density at radius 2 is 2.44 bits per heavy atom. The minimum absolute atomic E-state index is 0.0176. The Balaban J connectivity index is 2.86. The van der Waals surface area contributed by atoms with Crippen molar-refractivity contribution in [2.75, 3.05) is 17.3 Å². The van der Waals surface area contributed by atoms with Gasteiger partial charge in [-0.15, -0.1) is 0 Å². The number of anilines is 1. The summed E-state index contributed by atoms with van der Waals surface area (Å²) < 4.78 is 0. The highest BCUT2D eigenvalue weighted by Gasteiger charge is 2.22. The zero-order valence-corrected chi connectivity index (χ0v) is 10.5. The lowest BCUT2D eigenvalue weighted by Crippen LogP contribution is -2.30. The first-order valence-corrected chi connectivity index (χ1v) is 6.53. The standard InChI is InChI=1S/C10H13N3O4S/c1-18-6-4-7(10(14)15)12-9-8(13(16)17)3-2-5-11-9/h2-3,5,7H,4,6H2,1H3,(H,11,12)(H,14,15). The first kappa shape index (κ1) is 14.2. The maximum atomic E-state index is 11.0. The Morgan fingerprint density at radius 1 is 1.72 bits per heavy atom. The average molecular weight is 271 g/mol. The Kier molecular flexibility index (Phi) is 5.37. The molecule has 0 fully saturated rings. The van der Waals surface area contributed by atoms with E-state index >= 15 is 0 Å². The Bertz CT molecular complexity index is 441. The molecular weight excluding hydrogens is 258 g/mol. The van der Waals surface area contributed by atoms with Gasteiger partial charge in [0, 0.05) is 12.3 Å². The monoisotopic (exact) mass is 271 g/mol. The van der Waals surface area contributed by atoms with Crippen LogP contribution in [0.2, 0.25) is 0 Å². The van der Waals surface area contributed by atoms with Gasteiger partial charge in [0.15, 0.2) is 0 Å². The van der Waals surface area contributed by atoms with Crippen LogP contribution in [0, 0.1) is 10.1 Å². The van der Waals surface area contributed by atoms with Crippen molar-refractivity contribution in [3.05, 3.63) is 28.4 Å². The van der Waals surface area contributed by atoms with Crippen molar-refractivity contribution in [3.8, 4) is 0 Å². The molecular formula is C10H13N3O4S. The third-order valence-electron chi connectivity index (χ3n) is 2.20. The van der Waals surface area contributed by atoms with Crippen LogP contribution in [0.5, 0.6) is 0 Å². The summed E-state index contributed by atoms with van der Waals surface area (Å²) >= 11 is 1.51. The zero-order valence-electron chi connectivity index (χ0n) is 9.70. The van der Waals surface area contributed by atoms with Crippen LogP contribution in [0.15, 0.2) is 18.3 Å². The molecule has 0 aliphatic carbocycles. The summed E-state index contributed by atoms with van der Waals surface area (Å²) in [7, 11) is 0. The summed E-state index contributed by atoms with van der Waals surface area (Å²) in [6.45, 7) is 0. The molecule has 2 N–H and O–H groups in total. The fraction of sp³-hybridized carbons (Fsp3) is 0.400. The fourth-order valence-electron chi connectivity index (χ4n) is 1.31. The van der Waals surface area contributed by atoms with Gasteiger partial charge >= 0.3 is 11.7 Å². The maximum Gasteiger partial charge on any atom is 0.326 e. The molecule has 0 bridgehead atoms. The maximum absolute atomic E-state index is 11.0. The molecule has 0 aliphatic rings. The van der Waals surface area contributed by atoms with Crippen LogP contribution >= 0.6 is 11.8 Å². The molecule has 1 aromatic rings. The number of carbonyl (C=O) groups is 1. The van der Waals surface area contributed by atoms with Crippen molar-refractivity contribution in [2.24, 2.45) is 0 Å². The summed E-state index contributed by atoms with van der Waals surface area (Å²) in [5.41, 5.74) is -0.229. The molecule has 0 spiro atoms. The molecule has 8 heteroatoms. The lowest BCUT2D eigenvalue weighted by atomic mass is 10.2. The summed E-state index contributed by atoms with van der Waals surface area (Å²) in [5.74, 6) is -0.426. The first-order valence-electron chi connectivity index (χ1n) is 5.14. The fourth-order valence-corrected chi connectivity index (χ4v) is 1.78. The highest BCUT2D eigenvalue weighted by atomic mass is 32.2. The largest absolute Gasteiger partial charge is 0.480 e. The van der Waals surface area contributed by atoms with Crippen LogP contribution in [-0.2, 0) is 4.79 Å². The Hall–Kier alpha value is -1.83. The summed E-state index contributed by atoms with van der Waals surface area (Å²) in [6, 6.07) is 1.83. The number of hydrogen-bond donors (Lipinski definition) is 2. The molecule has 0 amide bonds. The van der Waals surface area contributed by atoms with Gasteiger partial charge in [-0.05, 0) is 24.5 Å². The van der Waals surface area contributed by atoms with E-state index in [1.165, 1.54) is 30.1 Å². The summed E-state index contributed by atoms with van der Waals surface area (Å²) in [6.07, 6.45) is 3.61. The lowest BCUT2D eigenvalue weighted by molar-refractivity contribution is -0.384. The van der Waals surface area contributed by atoms with E-state index in [4.69, 9.17) is 5.11 Å². The number of thioether (sulfide) groups is 1. The molecule has 1 heterocycles. The van der Waals surface area contributed by atoms with E-state index in [0.717, 1.165) is 0 Å². The number of nitro groups is 1. The van der Waals surface area contributed by atoms with Crippen molar-refractivity contribution >= 4 is 29.2 Å². The van der Waals surface area contributed by atoms with Crippen LogP contribution in [-0.4, -0.2) is 39.0 Å². The van der Waals surface area contributed by atoms with E-state index in [-0.39, 0.29) is 11.5 Å². The van der Waals surface area contributed by atoms with Crippen LogP contribution in [0.25, 0.3) is 0 Å². The molecule has 1 unspecified atom stereocenters. The normalized spacial score (nSPS) is 11.8. The van der Waals surface area contributed by atoms with E-state index in [2.05, 4.69) is 10.3 Å².